The summed E-state index contributed by atoms with van der Waals surface area (Å²) in [5, 5.41) is 12.4. The molecule has 0 saturated carbocycles. The molecule has 1 aromatic heterocycles. The van der Waals surface area contributed by atoms with Crippen LogP contribution >= 0.6 is 11.3 Å². The van der Waals surface area contributed by atoms with Crippen molar-refractivity contribution in [2.24, 2.45) is 5.92 Å². The predicted molar refractivity (Wildman–Crippen MR) is 106 cm³/mol. The van der Waals surface area contributed by atoms with Gasteiger partial charge in [-0.1, -0.05) is 18.2 Å². The Morgan fingerprint density at radius 1 is 1.23 bits per heavy atom. The van der Waals surface area contributed by atoms with Gasteiger partial charge >= 0.3 is 12.0 Å². The van der Waals surface area contributed by atoms with Gasteiger partial charge in [-0.2, -0.15) is 13.2 Å². The lowest BCUT2D eigenvalue weighted by atomic mass is 9.68. The molecule has 31 heavy (non-hydrogen) atoms. The molecule has 9 heteroatoms. The first kappa shape index (κ1) is 21.6. The molecule has 0 amide bonds. The normalized spacial score (nSPS) is 26.3. The van der Waals surface area contributed by atoms with Crippen LogP contribution in [0.3, 0.4) is 0 Å². The number of benzene rings is 1. The van der Waals surface area contributed by atoms with Gasteiger partial charge in [0.25, 0.3) is 0 Å². The smallest absolute Gasteiger partial charge is 0.456 e. The Kier molecular flexibility index (Phi) is 5.43. The fourth-order valence-electron chi connectivity index (χ4n) is 4.24. The van der Waals surface area contributed by atoms with Gasteiger partial charge in [0.15, 0.2) is 11.6 Å². The molecule has 2 heterocycles. The molecule has 164 valence electrons. The van der Waals surface area contributed by atoms with Gasteiger partial charge in [-0.15, -0.1) is 11.3 Å². The molecule has 1 aliphatic carbocycles. The van der Waals surface area contributed by atoms with Gasteiger partial charge in [0.1, 0.15) is 17.4 Å². The first-order valence-corrected chi connectivity index (χ1v) is 10.5. The predicted octanol–water partition coefficient (Wildman–Crippen LogP) is 4.63. The molecule has 3 atom stereocenters. The number of hydrogen-bond donors (Lipinski definition) is 1. The molecular formula is C22H19F3O5S. The number of hydrogen-bond acceptors (Lipinski definition) is 6. The Morgan fingerprint density at radius 3 is 2.52 bits per heavy atom. The van der Waals surface area contributed by atoms with Crippen molar-refractivity contribution in [2.75, 3.05) is 7.11 Å². The minimum absolute atomic E-state index is 0.0280. The van der Waals surface area contributed by atoms with Crippen LogP contribution in [-0.4, -0.2) is 35.7 Å². The lowest BCUT2D eigenvalue weighted by Gasteiger charge is -2.46. The van der Waals surface area contributed by atoms with Gasteiger partial charge in [-0.25, -0.2) is 0 Å². The number of carbonyl (C=O) groups is 2. The minimum Gasteiger partial charge on any atom is -0.497 e. The van der Waals surface area contributed by atoms with E-state index < -0.39 is 29.6 Å². The molecule has 2 aromatic rings. The fraction of sp³-hybridized carbons (Fsp3) is 0.364. The molecule has 3 unspecified atom stereocenters. The highest BCUT2D eigenvalue weighted by Crippen LogP contribution is 2.54. The maximum Gasteiger partial charge on any atom is 0.456 e. The zero-order chi connectivity index (χ0) is 22.4. The third-order valence-corrected chi connectivity index (χ3v) is 6.57. The van der Waals surface area contributed by atoms with Crippen molar-refractivity contribution >= 4 is 22.9 Å². The molecule has 0 spiro atoms. The number of aliphatic hydroxyl groups is 1. The van der Waals surface area contributed by atoms with Crippen molar-refractivity contribution in [1.29, 1.82) is 0 Å². The minimum atomic E-state index is -5.27. The van der Waals surface area contributed by atoms with E-state index in [2.05, 4.69) is 0 Å². The molecule has 0 radical (unpaired) electrons. The molecular weight excluding hydrogens is 433 g/mol. The van der Waals surface area contributed by atoms with E-state index in [0.29, 0.717) is 17.7 Å². The summed E-state index contributed by atoms with van der Waals surface area (Å²) in [6, 6.07) is 9.02. The van der Waals surface area contributed by atoms with Crippen molar-refractivity contribution in [1.82, 2.24) is 0 Å². The second kappa shape index (κ2) is 7.80. The number of thiophene rings is 1. The van der Waals surface area contributed by atoms with E-state index in [9.17, 15) is 27.9 Å². The van der Waals surface area contributed by atoms with Crippen LogP contribution in [0.1, 0.15) is 40.4 Å². The molecule has 0 saturated heterocycles. The van der Waals surface area contributed by atoms with E-state index in [-0.39, 0.29) is 34.8 Å². The molecule has 1 aliphatic heterocycles. The monoisotopic (exact) mass is 452 g/mol. The number of halogens is 3. The number of ketones is 2. The highest BCUT2D eigenvalue weighted by Gasteiger charge is 2.69. The molecule has 5 nitrogen and oxygen atoms in total. The van der Waals surface area contributed by atoms with Gasteiger partial charge in [-0.3, -0.25) is 9.59 Å². The molecule has 2 aliphatic rings. The van der Waals surface area contributed by atoms with E-state index in [1.807, 2.05) is 0 Å². The number of Topliss-reactive ketones (excluding diaryl/α,β-unsaturated/α-hetero) is 2. The summed E-state index contributed by atoms with van der Waals surface area (Å²) in [7, 11) is 1.44. The first-order chi connectivity index (χ1) is 14.7. The van der Waals surface area contributed by atoms with E-state index >= 15 is 0 Å². The van der Waals surface area contributed by atoms with Crippen molar-refractivity contribution in [3.8, 4) is 5.75 Å². The second-order valence-electron chi connectivity index (χ2n) is 7.48. The molecule has 1 aromatic carbocycles. The maximum atomic E-state index is 14.2. The van der Waals surface area contributed by atoms with Crippen molar-refractivity contribution < 1.29 is 37.3 Å². The van der Waals surface area contributed by atoms with Gasteiger partial charge in [0, 0.05) is 24.3 Å². The van der Waals surface area contributed by atoms with Crippen LogP contribution in [-0.2, 0) is 9.53 Å². The zero-order valence-corrected chi connectivity index (χ0v) is 17.3. The lowest BCUT2D eigenvalue weighted by Crippen LogP contribution is -2.60. The summed E-state index contributed by atoms with van der Waals surface area (Å²) >= 11 is 0.965. The summed E-state index contributed by atoms with van der Waals surface area (Å²) in [5.41, 5.74) is 0.324. The second-order valence-corrected chi connectivity index (χ2v) is 8.43. The number of carbonyl (C=O) groups excluding carboxylic acids is 2. The van der Waals surface area contributed by atoms with E-state index in [4.69, 9.17) is 9.47 Å². The third kappa shape index (κ3) is 3.55. The summed E-state index contributed by atoms with van der Waals surface area (Å²) in [6.07, 6.45) is -4.75. The van der Waals surface area contributed by atoms with Gasteiger partial charge in [-0.05, 0) is 35.6 Å². The molecule has 0 fully saturated rings. The largest absolute Gasteiger partial charge is 0.497 e. The van der Waals surface area contributed by atoms with Crippen LogP contribution in [0.4, 0.5) is 13.2 Å². The average molecular weight is 452 g/mol. The number of alkyl halides is 3. The van der Waals surface area contributed by atoms with Gasteiger partial charge in [0.2, 0.25) is 0 Å². The number of methoxy groups -OCH3 is 1. The van der Waals surface area contributed by atoms with Crippen LogP contribution < -0.4 is 4.74 Å². The zero-order valence-electron chi connectivity index (χ0n) is 16.4. The highest BCUT2D eigenvalue weighted by atomic mass is 32.1. The maximum absolute atomic E-state index is 14.2. The Morgan fingerprint density at radius 2 is 1.94 bits per heavy atom. The summed E-state index contributed by atoms with van der Waals surface area (Å²) in [5.74, 6) is -8.21. The van der Waals surface area contributed by atoms with E-state index in [1.165, 1.54) is 43.5 Å². The van der Waals surface area contributed by atoms with Crippen LogP contribution in [0.15, 0.2) is 53.1 Å². The van der Waals surface area contributed by atoms with E-state index in [1.54, 1.807) is 5.38 Å². The van der Waals surface area contributed by atoms with Crippen molar-refractivity contribution in [3.05, 3.63) is 63.6 Å². The molecule has 4 rings (SSSR count). The molecule has 0 bridgehead atoms. The Hall–Kier alpha value is -2.65. The summed E-state index contributed by atoms with van der Waals surface area (Å²) < 4.78 is 52.8. The van der Waals surface area contributed by atoms with Crippen LogP contribution in [0, 0.1) is 5.92 Å². The van der Waals surface area contributed by atoms with Crippen LogP contribution in [0.5, 0.6) is 5.75 Å². The van der Waals surface area contributed by atoms with Crippen LogP contribution in [0.25, 0.3) is 0 Å². The molecule has 1 N–H and O–H groups in total. The number of ether oxygens (including phenoxy) is 2. The van der Waals surface area contributed by atoms with Gasteiger partial charge < -0.3 is 14.6 Å². The van der Waals surface area contributed by atoms with Gasteiger partial charge in [0.05, 0.1) is 12.0 Å². The Bertz CT molecular complexity index is 1030. The fourth-order valence-corrected chi connectivity index (χ4v) is 4.94. The average Bonchev–Trinajstić information content (AvgIpc) is 3.27. The summed E-state index contributed by atoms with van der Waals surface area (Å²) in [6.45, 7) is 0. The SMILES string of the molecule is COc1ccc(C2C3=C(CCCC3=O)OC(O)(C(F)(F)F)C2C(=O)c2cccs2)cc1. The quantitative estimate of drug-likeness (QED) is 0.685. The van der Waals surface area contributed by atoms with Crippen molar-refractivity contribution in [3.63, 3.8) is 0 Å². The first-order valence-electron chi connectivity index (χ1n) is 9.63. The lowest BCUT2D eigenvalue weighted by molar-refractivity contribution is -0.374. The Balaban J connectivity index is 1.97. The summed E-state index contributed by atoms with van der Waals surface area (Å²) in [4.78, 5) is 26.2. The standard InChI is InChI=1S/C22H19F3O5S/c1-29-13-9-7-12(8-10-13)17-18-14(26)4-2-5-15(18)30-21(28,22(23,24)25)19(17)20(27)16-6-3-11-31-16/h3,6-11,17,19,28H,2,4-5H2,1H3. The van der Waals surface area contributed by atoms with E-state index in [0.717, 1.165) is 11.3 Å². The number of allylic oxidation sites excluding steroid dienone is 2. The number of rotatable bonds is 4. The van der Waals surface area contributed by atoms with Crippen LogP contribution in [0.2, 0.25) is 0 Å². The topological polar surface area (TPSA) is 72.8 Å². The van der Waals surface area contributed by atoms with Crippen molar-refractivity contribution in [2.45, 2.75) is 37.1 Å². The Labute approximate surface area is 180 Å². The highest BCUT2D eigenvalue weighted by molar-refractivity contribution is 7.12. The third-order valence-electron chi connectivity index (χ3n) is 5.68.